The van der Waals surface area contributed by atoms with Crippen LogP contribution in [0.3, 0.4) is 0 Å². The number of carbonyl (C=O) groups is 1. The van der Waals surface area contributed by atoms with Crippen LogP contribution in [0.4, 0.5) is 0 Å². The fourth-order valence-corrected chi connectivity index (χ4v) is 2.86. The van der Waals surface area contributed by atoms with Crippen molar-refractivity contribution in [2.75, 3.05) is 0 Å². The Bertz CT molecular complexity index is 533. The summed E-state index contributed by atoms with van der Waals surface area (Å²) in [6, 6.07) is 4.34. The zero-order valence-corrected chi connectivity index (χ0v) is 12.0. The average molecular weight is 342 g/mol. The summed E-state index contributed by atoms with van der Waals surface area (Å²) in [5.74, 6) is -0.429. The van der Waals surface area contributed by atoms with Crippen LogP contribution < -0.4 is 10.3 Å². The van der Waals surface area contributed by atoms with Crippen molar-refractivity contribution in [1.29, 1.82) is 0 Å². The number of hydrogen-bond donors (Lipinski definition) is 2. The van der Waals surface area contributed by atoms with E-state index in [0.29, 0.717) is 4.47 Å². The van der Waals surface area contributed by atoms with Gasteiger partial charge in [0.05, 0.1) is 5.02 Å². The van der Waals surface area contributed by atoms with Crippen LogP contribution in [0.25, 0.3) is 0 Å². The van der Waals surface area contributed by atoms with Gasteiger partial charge < -0.3 is 0 Å². The number of nitrogens with one attached hydrogen (secondary N) is 2. The normalized spacial score (nSPS) is 11.2. The molecule has 0 aromatic heterocycles. The highest BCUT2D eigenvalue weighted by atomic mass is 79.9. The molecule has 0 aliphatic heterocycles. The van der Waals surface area contributed by atoms with Gasteiger partial charge in [0.2, 0.25) is 5.91 Å². The summed E-state index contributed by atoms with van der Waals surface area (Å²) in [7, 11) is -3.85. The molecule has 0 spiro atoms. The molecule has 17 heavy (non-hydrogen) atoms. The quantitative estimate of drug-likeness (QED) is 0.820. The maximum absolute atomic E-state index is 11.8. The molecule has 1 rings (SSSR count). The minimum absolute atomic E-state index is 0.0672. The van der Waals surface area contributed by atoms with Crippen LogP contribution >= 0.6 is 27.5 Å². The first-order valence-electron chi connectivity index (χ1n) is 4.62. The highest BCUT2D eigenvalue weighted by Crippen LogP contribution is 2.24. The predicted octanol–water partition coefficient (Wildman–Crippen LogP) is 1.82. The lowest BCUT2D eigenvalue weighted by Gasteiger charge is -2.09. The van der Waals surface area contributed by atoms with Crippen molar-refractivity contribution < 1.29 is 13.2 Å². The number of hydrogen-bond acceptors (Lipinski definition) is 3. The Morgan fingerprint density at radius 2 is 2.12 bits per heavy atom. The second kappa shape index (κ2) is 5.81. The molecule has 0 saturated carbocycles. The Hall–Kier alpha value is -0.630. The number of sulfonamides is 1. The summed E-state index contributed by atoms with van der Waals surface area (Å²) in [6.07, 6.45) is 0.177. The van der Waals surface area contributed by atoms with Crippen LogP contribution in [0, 0.1) is 0 Å². The molecule has 8 heteroatoms. The van der Waals surface area contributed by atoms with Gasteiger partial charge in [-0.25, -0.2) is 8.42 Å². The maximum Gasteiger partial charge on any atom is 0.258 e. The maximum atomic E-state index is 11.8. The van der Waals surface area contributed by atoms with Gasteiger partial charge in [-0.05, 0) is 18.2 Å². The summed E-state index contributed by atoms with van der Waals surface area (Å²) in [5, 5.41) is 0.0672. The topological polar surface area (TPSA) is 75.3 Å². The van der Waals surface area contributed by atoms with E-state index < -0.39 is 15.9 Å². The molecule has 0 saturated heterocycles. The van der Waals surface area contributed by atoms with E-state index in [-0.39, 0.29) is 16.3 Å². The summed E-state index contributed by atoms with van der Waals surface area (Å²) in [6.45, 7) is 1.61. The van der Waals surface area contributed by atoms with Crippen molar-refractivity contribution in [3.63, 3.8) is 0 Å². The molecule has 0 atom stereocenters. The molecule has 5 nitrogen and oxygen atoms in total. The fourth-order valence-electron chi connectivity index (χ4n) is 0.961. The van der Waals surface area contributed by atoms with Crippen molar-refractivity contribution in [2.24, 2.45) is 0 Å². The van der Waals surface area contributed by atoms with Gasteiger partial charge in [-0.2, -0.15) is 0 Å². The minimum Gasteiger partial charge on any atom is -0.278 e. The van der Waals surface area contributed by atoms with Gasteiger partial charge in [0, 0.05) is 10.9 Å². The summed E-state index contributed by atoms with van der Waals surface area (Å²) < 4.78 is 24.2. The Labute approximate surface area is 113 Å². The predicted molar refractivity (Wildman–Crippen MR) is 67.9 cm³/mol. The molecule has 2 N–H and O–H groups in total. The zero-order chi connectivity index (χ0) is 13.1. The second-order valence-electron chi connectivity index (χ2n) is 3.08. The lowest BCUT2D eigenvalue weighted by Crippen LogP contribution is -2.41. The standard InChI is InChI=1S/C9H10BrClN2O3S/c1-2-9(14)12-13-17(15,16)8-4-3-6(10)5-7(8)11/h3-5,13H,2H2,1H3,(H,12,14). The van der Waals surface area contributed by atoms with Gasteiger partial charge in [-0.15, -0.1) is 4.83 Å². The third-order valence-electron chi connectivity index (χ3n) is 1.83. The first-order chi connectivity index (χ1) is 7.86. The van der Waals surface area contributed by atoms with Crippen molar-refractivity contribution in [2.45, 2.75) is 18.2 Å². The SMILES string of the molecule is CCC(=O)NNS(=O)(=O)c1ccc(Br)cc1Cl. The monoisotopic (exact) mass is 340 g/mol. The van der Waals surface area contributed by atoms with Crippen molar-refractivity contribution in [3.8, 4) is 0 Å². The van der Waals surface area contributed by atoms with Crippen molar-refractivity contribution in [1.82, 2.24) is 10.3 Å². The van der Waals surface area contributed by atoms with Gasteiger partial charge in [0.15, 0.2) is 0 Å². The molecule has 94 valence electrons. The van der Waals surface area contributed by atoms with Crippen LogP contribution in [0.1, 0.15) is 13.3 Å². The number of benzene rings is 1. The van der Waals surface area contributed by atoms with Crippen LogP contribution in [-0.4, -0.2) is 14.3 Å². The molecule has 0 aliphatic carbocycles. The summed E-state index contributed by atoms with van der Waals surface area (Å²) in [4.78, 5) is 12.8. The average Bonchev–Trinajstić information content (AvgIpc) is 2.25. The summed E-state index contributed by atoms with van der Waals surface area (Å²) >= 11 is 8.97. The van der Waals surface area contributed by atoms with Gasteiger partial charge in [-0.1, -0.05) is 34.5 Å². The molecule has 0 bridgehead atoms. The summed E-state index contributed by atoms with van der Waals surface area (Å²) in [5.41, 5.74) is 2.07. The van der Waals surface area contributed by atoms with Gasteiger partial charge in [0.25, 0.3) is 10.0 Å². The minimum atomic E-state index is -3.85. The van der Waals surface area contributed by atoms with E-state index in [4.69, 9.17) is 11.6 Å². The molecule has 0 heterocycles. The van der Waals surface area contributed by atoms with E-state index in [0.717, 1.165) is 0 Å². The fraction of sp³-hybridized carbons (Fsp3) is 0.222. The Balaban J connectivity index is 2.94. The molecule has 0 radical (unpaired) electrons. The van der Waals surface area contributed by atoms with Crippen molar-refractivity contribution >= 4 is 43.5 Å². The van der Waals surface area contributed by atoms with Crippen LogP contribution in [0.15, 0.2) is 27.6 Å². The molecule has 0 unspecified atom stereocenters. The van der Waals surface area contributed by atoms with Crippen LogP contribution in [0.2, 0.25) is 5.02 Å². The molecule has 0 aliphatic rings. The largest absolute Gasteiger partial charge is 0.278 e. The highest BCUT2D eigenvalue weighted by Gasteiger charge is 2.18. The lowest BCUT2D eigenvalue weighted by molar-refractivity contribution is -0.121. The van der Waals surface area contributed by atoms with E-state index in [1.54, 1.807) is 13.0 Å². The van der Waals surface area contributed by atoms with E-state index in [1.165, 1.54) is 12.1 Å². The smallest absolute Gasteiger partial charge is 0.258 e. The van der Waals surface area contributed by atoms with Crippen LogP contribution in [-0.2, 0) is 14.8 Å². The third-order valence-corrected chi connectivity index (χ3v) is 4.05. The number of carbonyl (C=O) groups excluding carboxylic acids is 1. The Morgan fingerprint density at radius 1 is 1.47 bits per heavy atom. The Kier molecular flexibility index (Phi) is 4.93. The number of hydrazine groups is 1. The number of amides is 1. The first kappa shape index (κ1) is 14.4. The molecule has 0 fully saturated rings. The number of rotatable bonds is 4. The van der Waals surface area contributed by atoms with E-state index in [2.05, 4.69) is 21.4 Å². The molecule has 1 aromatic rings. The third kappa shape index (κ3) is 3.95. The van der Waals surface area contributed by atoms with Gasteiger partial charge in [-0.3, -0.25) is 10.2 Å². The van der Waals surface area contributed by atoms with E-state index in [9.17, 15) is 13.2 Å². The molecule has 1 amide bonds. The van der Waals surface area contributed by atoms with Gasteiger partial charge in [0.1, 0.15) is 4.90 Å². The lowest BCUT2D eigenvalue weighted by atomic mass is 10.4. The molecular weight excluding hydrogens is 332 g/mol. The van der Waals surface area contributed by atoms with E-state index >= 15 is 0 Å². The first-order valence-corrected chi connectivity index (χ1v) is 7.28. The number of halogens is 2. The van der Waals surface area contributed by atoms with Crippen LogP contribution in [0.5, 0.6) is 0 Å². The van der Waals surface area contributed by atoms with Crippen molar-refractivity contribution in [3.05, 3.63) is 27.7 Å². The zero-order valence-electron chi connectivity index (χ0n) is 8.83. The molecule has 1 aromatic carbocycles. The Morgan fingerprint density at radius 3 is 2.65 bits per heavy atom. The van der Waals surface area contributed by atoms with E-state index in [1.807, 2.05) is 4.83 Å². The highest BCUT2D eigenvalue weighted by molar-refractivity contribution is 9.10. The van der Waals surface area contributed by atoms with Gasteiger partial charge >= 0.3 is 0 Å². The second-order valence-corrected chi connectivity index (χ2v) is 6.06. The molecular formula is C9H10BrClN2O3S.